The van der Waals surface area contributed by atoms with E-state index in [0.29, 0.717) is 5.92 Å². The summed E-state index contributed by atoms with van der Waals surface area (Å²) >= 11 is 0. The van der Waals surface area contributed by atoms with Gasteiger partial charge in [0.25, 0.3) is 0 Å². The predicted octanol–water partition coefficient (Wildman–Crippen LogP) is 7.59. The molecule has 1 heterocycles. The predicted molar refractivity (Wildman–Crippen MR) is 123 cm³/mol. The fourth-order valence-electron chi connectivity index (χ4n) is 3.76. The molecule has 0 aliphatic carbocycles. The van der Waals surface area contributed by atoms with Crippen molar-refractivity contribution in [3.8, 4) is 11.5 Å². The zero-order valence-corrected chi connectivity index (χ0v) is 18.3. The average molecular weight is 399 g/mol. The molecule has 1 aliphatic rings. The first-order chi connectivity index (χ1) is 14.4. The molecule has 2 atom stereocenters. The summed E-state index contributed by atoms with van der Waals surface area (Å²) < 4.78 is 11.7. The van der Waals surface area contributed by atoms with Gasteiger partial charge in [0.1, 0.15) is 17.6 Å². The lowest BCUT2D eigenvalue weighted by Crippen LogP contribution is -2.10. The van der Waals surface area contributed by atoms with Crippen LogP contribution in [0.3, 0.4) is 0 Å². The van der Waals surface area contributed by atoms with Crippen LogP contribution < -0.4 is 4.74 Å². The third-order valence-corrected chi connectivity index (χ3v) is 5.68. The van der Waals surface area contributed by atoms with E-state index in [1.807, 2.05) is 30.5 Å². The highest BCUT2D eigenvalue weighted by atomic mass is 16.5. The number of rotatable bonds is 5. The highest BCUT2D eigenvalue weighted by molar-refractivity contribution is 5.37. The van der Waals surface area contributed by atoms with E-state index in [4.69, 9.17) is 9.47 Å². The van der Waals surface area contributed by atoms with Crippen LogP contribution in [-0.2, 0) is 16.6 Å². The summed E-state index contributed by atoms with van der Waals surface area (Å²) in [5, 5.41) is 0. The molecule has 3 aromatic carbocycles. The van der Waals surface area contributed by atoms with Gasteiger partial charge in [0, 0.05) is 5.92 Å². The van der Waals surface area contributed by atoms with Gasteiger partial charge >= 0.3 is 0 Å². The molecule has 154 valence electrons. The monoisotopic (exact) mass is 398 g/mol. The van der Waals surface area contributed by atoms with Crippen molar-refractivity contribution in [1.82, 2.24) is 0 Å². The van der Waals surface area contributed by atoms with Crippen molar-refractivity contribution >= 4 is 0 Å². The van der Waals surface area contributed by atoms with Crippen molar-refractivity contribution in [3.63, 3.8) is 0 Å². The summed E-state index contributed by atoms with van der Waals surface area (Å²) in [6.07, 6.45) is 4.97. The summed E-state index contributed by atoms with van der Waals surface area (Å²) in [5.41, 5.74) is 5.26. The van der Waals surface area contributed by atoms with Gasteiger partial charge in [-0.25, -0.2) is 0 Å². The van der Waals surface area contributed by atoms with E-state index in [1.165, 1.54) is 22.3 Å². The third kappa shape index (κ3) is 4.76. The Morgan fingerprint density at radius 1 is 0.767 bits per heavy atom. The number of hydrogen-bond donors (Lipinski definition) is 0. The first-order valence-corrected chi connectivity index (χ1v) is 10.7. The van der Waals surface area contributed by atoms with E-state index >= 15 is 0 Å². The molecule has 0 amide bonds. The Kier molecular flexibility index (Phi) is 5.67. The minimum absolute atomic E-state index is 0.146. The van der Waals surface area contributed by atoms with E-state index in [9.17, 15) is 0 Å². The molecule has 0 fully saturated rings. The molecule has 0 N–H and O–H groups in total. The topological polar surface area (TPSA) is 18.5 Å². The minimum Gasteiger partial charge on any atom is -0.493 e. The van der Waals surface area contributed by atoms with Gasteiger partial charge in [0.2, 0.25) is 0 Å². The van der Waals surface area contributed by atoms with Crippen LogP contribution in [0.4, 0.5) is 0 Å². The van der Waals surface area contributed by atoms with Crippen LogP contribution in [0.2, 0.25) is 0 Å². The van der Waals surface area contributed by atoms with Crippen LogP contribution in [-0.4, -0.2) is 0 Å². The first kappa shape index (κ1) is 20.3. The zero-order valence-electron chi connectivity index (χ0n) is 18.3. The Bertz CT molecular complexity index is 991. The quantitative estimate of drug-likeness (QED) is 0.441. The van der Waals surface area contributed by atoms with Gasteiger partial charge < -0.3 is 9.47 Å². The molecule has 3 aromatic rings. The van der Waals surface area contributed by atoms with Gasteiger partial charge in [0.15, 0.2) is 0 Å². The van der Waals surface area contributed by atoms with Gasteiger partial charge in [-0.05, 0) is 64.4 Å². The van der Waals surface area contributed by atoms with Crippen LogP contribution in [0.5, 0.6) is 11.5 Å². The molecule has 4 rings (SSSR count). The Morgan fingerprint density at radius 3 is 1.80 bits per heavy atom. The second-order valence-corrected chi connectivity index (χ2v) is 9.18. The molecule has 2 nitrogen and oxygen atoms in total. The molecule has 2 unspecified atom stereocenters. The highest BCUT2D eigenvalue weighted by Crippen LogP contribution is 2.32. The van der Waals surface area contributed by atoms with Gasteiger partial charge in [-0.15, -0.1) is 0 Å². The molecule has 0 saturated carbocycles. The highest BCUT2D eigenvalue weighted by Gasteiger charge is 2.21. The zero-order chi connectivity index (χ0) is 21.1. The fourth-order valence-corrected chi connectivity index (χ4v) is 3.76. The Morgan fingerprint density at radius 2 is 1.30 bits per heavy atom. The number of ether oxygens (including phenoxy) is 2. The maximum absolute atomic E-state index is 6.01. The van der Waals surface area contributed by atoms with Gasteiger partial charge in [-0.3, -0.25) is 0 Å². The molecule has 2 heteroatoms. The molecular formula is C28H30O2. The molecular weight excluding hydrogens is 368 g/mol. The molecule has 1 aliphatic heterocycles. The van der Waals surface area contributed by atoms with Crippen LogP contribution in [0.15, 0.2) is 85.1 Å². The molecule has 0 bridgehead atoms. The van der Waals surface area contributed by atoms with Crippen LogP contribution in [0, 0.1) is 5.92 Å². The molecule has 30 heavy (non-hydrogen) atoms. The minimum atomic E-state index is 0.146. The van der Waals surface area contributed by atoms with Crippen molar-refractivity contribution in [1.29, 1.82) is 0 Å². The lowest BCUT2D eigenvalue weighted by atomic mass is 9.87. The van der Waals surface area contributed by atoms with Crippen LogP contribution in [0.25, 0.3) is 0 Å². The standard InChI is InChI=1S/C28H30O2/c1-20-17-18-29-27(20)23-9-5-21(6-10-23)19-22-7-13-25(14-8-22)30-26-15-11-24(12-16-26)28(2,3)4/h5-18,20,27H,19H2,1-4H3. The first-order valence-electron chi connectivity index (χ1n) is 10.7. The lowest BCUT2D eigenvalue weighted by molar-refractivity contribution is 0.142. The van der Waals surface area contributed by atoms with E-state index < -0.39 is 0 Å². The van der Waals surface area contributed by atoms with E-state index in [-0.39, 0.29) is 11.5 Å². The van der Waals surface area contributed by atoms with Gasteiger partial charge in [-0.2, -0.15) is 0 Å². The SMILES string of the molecule is CC1C=COC1c1ccc(Cc2ccc(Oc3ccc(C(C)(C)C)cc3)cc2)cc1. The van der Waals surface area contributed by atoms with Crippen LogP contribution in [0.1, 0.15) is 56.1 Å². The second-order valence-electron chi connectivity index (χ2n) is 9.18. The lowest BCUT2D eigenvalue weighted by Gasteiger charge is -2.19. The van der Waals surface area contributed by atoms with E-state index in [1.54, 1.807) is 0 Å². The van der Waals surface area contributed by atoms with Gasteiger partial charge in [-0.1, -0.05) is 76.2 Å². The fraction of sp³-hybridized carbons (Fsp3) is 0.286. The Labute approximate surface area is 180 Å². The van der Waals surface area contributed by atoms with Crippen LogP contribution >= 0.6 is 0 Å². The maximum Gasteiger partial charge on any atom is 0.129 e. The maximum atomic E-state index is 6.01. The molecule has 0 radical (unpaired) electrons. The normalized spacial score (nSPS) is 18.3. The molecule has 0 spiro atoms. The Hall–Kier alpha value is -3.00. The summed E-state index contributed by atoms with van der Waals surface area (Å²) in [6, 6.07) is 25.5. The summed E-state index contributed by atoms with van der Waals surface area (Å²) in [5.74, 6) is 2.15. The summed E-state index contributed by atoms with van der Waals surface area (Å²) in [7, 11) is 0. The second kappa shape index (κ2) is 8.39. The van der Waals surface area contributed by atoms with Crippen molar-refractivity contribution in [2.75, 3.05) is 0 Å². The Balaban J connectivity index is 1.36. The van der Waals surface area contributed by atoms with E-state index in [2.05, 4.69) is 82.3 Å². The molecule has 0 aromatic heterocycles. The third-order valence-electron chi connectivity index (χ3n) is 5.68. The van der Waals surface area contributed by atoms with Crippen molar-refractivity contribution in [2.24, 2.45) is 5.92 Å². The largest absolute Gasteiger partial charge is 0.493 e. The summed E-state index contributed by atoms with van der Waals surface area (Å²) in [4.78, 5) is 0. The van der Waals surface area contributed by atoms with Crippen molar-refractivity contribution in [2.45, 2.75) is 45.6 Å². The van der Waals surface area contributed by atoms with E-state index in [0.717, 1.165) is 17.9 Å². The summed E-state index contributed by atoms with van der Waals surface area (Å²) in [6.45, 7) is 8.84. The van der Waals surface area contributed by atoms with Gasteiger partial charge in [0.05, 0.1) is 6.26 Å². The average Bonchev–Trinajstić information content (AvgIpc) is 3.16. The van der Waals surface area contributed by atoms with Crippen molar-refractivity contribution < 1.29 is 9.47 Å². The number of hydrogen-bond acceptors (Lipinski definition) is 2. The number of benzene rings is 3. The van der Waals surface area contributed by atoms with Crippen molar-refractivity contribution in [3.05, 3.63) is 107 Å². The molecule has 0 saturated heterocycles. The smallest absolute Gasteiger partial charge is 0.129 e.